The van der Waals surface area contributed by atoms with Crippen molar-refractivity contribution in [2.45, 2.75) is 17.2 Å². The maximum absolute atomic E-state index is 13.1. The molecule has 0 N–H and O–H groups in total. The van der Waals surface area contributed by atoms with Gasteiger partial charge in [-0.25, -0.2) is 8.42 Å². The number of carbonyl (C=O) groups excluding carboxylic acids is 1. The molecule has 0 aliphatic carbocycles. The van der Waals surface area contributed by atoms with Gasteiger partial charge in [-0.2, -0.15) is 0 Å². The number of nitrogens with zero attached hydrogens (tertiary/aromatic N) is 3. The van der Waals surface area contributed by atoms with Crippen LogP contribution in [-0.4, -0.2) is 55.3 Å². The second kappa shape index (κ2) is 10.5. The Bertz CT molecular complexity index is 1480. The van der Waals surface area contributed by atoms with E-state index in [4.69, 9.17) is 0 Å². The number of carbonyl (C=O) groups is 1. The van der Waals surface area contributed by atoms with Crippen LogP contribution in [0.3, 0.4) is 0 Å². The smallest absolute Gasteiger partial charge is 0.253 e. The number of para-hydroxylation sites is 1. The lowest BCUT2D eigenvalue weighted by atomic mass is 10.1. The second-order valence-corrected chi connectivity index (χ2v) is 11.9. The monoisotopic (exact) mass is 563 g/mol. The van der Waals surface area contributed by atoms with Gasteiger partial charge >= 0.3 is 0 Å². The summed E-state index contributed by atoms with van der Waals surface area (Å²) in [6, 6.07) is 24.0. The van der Waals surface area contributed by atoms with Crippen LogP contribution in [0.5, 0.6) is 0 Å². The average molecular weight is 565 g/mol. The second-order valence-electron chi connectivity index (χ2n) is 8.98. The fourth-order valence-electron chi connectivity index (χ4n) is 4.51. The highest BCUT2D eigenvalue weighted by Crippen LogP contribution is 2.24. The normalized spacial score (nSPS) is 14.8. The van der Waals surface area contributed by atoms with E-state index in [1.54, 1.807) is 48.7 Å². The quantitative estimate of drug-likeness (QED) is 0.332. The highest BCUT2D eigenvalue weighted by atomic mass is 79.9. The molecule has 2 heterocycles. The summed E-state index contributed by atoms with van der Waals surface area (Å²) in [4.78, 5) is 21.8. The number of halogens is 1. The van der Waals surface area contributed by atoms with Gasteiger partial charge in [-0.1, -0.05) is 58.4 Å². The molecule has 3 aromatic carbocycles. The molecule has 0 saturated carbocycles. The highest BCUT2D eigenvalue weighted by Gasteiger charge is 2.23. The Morgan fingerprint density at radius 1 is 0.833 bits per heavy atom. The van der Waals surface area contributed by atoms with Gasteiger partial charge in [0.15, 0.2) is 9.84 Å². The lowest BCUT2D eigenvalue weighted by molar-refractivity contribution is 0.0628. The SMILES string of the molecule is O=C(c1ccc(CS(=O)(=O)c2cccc3cccnc23)cc1)N1CCN(Cc2ccc(Br)cc2)CC1. The molecular formula is C28H26BrN3O3S. The summed E-state index contributed by atoms with van der Waals surface area (Å²) in [5.41, 5.74) is 2.94. The number of amides is 1. The molecule has 36 heavy (non-hydrogen) atoms. The number of hydrogen-bond acceptors (Lipinski definition) is 5. The van der Waals surface area contributed by atoms with Crippen LogP contribution in [-0.2, 0) is 22.1 Å². The van der Waals surface area contributed by atoms with Crippen molar-refractivity contribution in [2.75, 3.05) is 26.2 Å². The van der Waals surface area contributed by atoms with E-state index in [-0.39, 0.29) is 16.6 Å². The number of aromatic nitrogens is 1. The summed E-state index contributed by atoms with van der Waals surface area (Å²) < 4.78 is 27.3. The minimum atomic E-state index is -3.59. The van der Waals surface area contributed by atoms with Crippen LogP contribution in [0.15, 0.2) is 94.4 Å². The van der Waals surface area contributed by atoms with Gasteiger partial charge in [-0.15, -0.1) is 0 Å². The van der Waals surface area contributed by atoms with Crippen LogP contribution in [0.1, 0.15) is 21.5 Å². The number of pyridine rings is 1. The minimum absolute atomic E-state index is 0.0223. The number of fused-ring (bicyclic) bond motifs is 1. The van der Waals surface area contributed by atoms with E-state index in [0.29, 0.717) is 29.7 Å². The third-order valence-electron chi connectivity index (χ3n) is 6.47. The highest BCUT2D eigenvalue weighted by molar-refractivity contribution is 9.10. The minimum Gasteiger partial charge on any atom is -0.336 e. The van der Waals surface area contributed by atoms with Crippen molar-refractivity contribution in [3.63, 3.8) is 0 Å². The zero-order valence-electron chi connectivity index (χ0n) is 19.7. The first-order valence-corrected chi connectivity index (χ1v) is 14.3. The van der Waals surface area contributed by atoms with E-state index in [2.05, 4.69) is 37.9 Å². The standard InChI is InChI=1S/C28H26BrN3O3S/c29-25-12-8-21(9-13-25)19-31-15-17-32(18-16-31)28(33)24-10-6-22(7-11-24)20-36(34,35)26-5-1-3-23-4-2-14-30-27(23)26/h1-14H,15-20H2. The molecule has 1 fully saturated rings. The van der Waals surface area contributed by atoms with Crippen molar-refractivity contribution in [3.8, 4) is 0 Å². The van der Waals surface area contributed by atoms with Gasteiger partial charge < -0.3 is 4.90 Å². The maximum Gasteiger partial charge on any atom is 0.253 e. The molecule has 6 nitrogen and oxygen atoms in total. The molecule has 1 aliphatic rings. The first-order valence-electron chi connectivity index (χ1n) is 11.8. The molecule has 184 valence electrons. The Kier molecular flexibility index (Phi) is 7.18. The summed E-state index contributed by atoms with van der Waals surface area (Å²) in [6.45, 7) is 3.83. The Morgan fingerprint density at radius 3 is 2.22 bits per heavy atom. The fraction of sp³-hybridized carbons (Fsp3) is 0.214. The Labute approximate surface area is 219 Å². The van der Waals surface area contributed by atoms with Crippen molar-refractivity contribution >= 4 is 42.6 Å². The first-order chi connectivity index (χ1) is 17.4. The van der Waals surface area contributed by atoms with E-state index in [9.17, 15) is 13.2 Å². The van der Waals surface area contributed by atoms with Crippen molar-refractivity contribution in [2.24, 2.45) is 0 Å². The predicted octanol–water partition coefficient (Wildman–Crippen LogP) is 4.93. The van der Waals surface area contributed by atoms with Crippen LogP contribution < -0.4 is 0 Å². The van der Waals surface area contributed by atoms with Crippen LogP contribution in [0, 0.1) is 0 Å². The Balaban J connectivity index is 1.21. The van der Waals surface area contributed by atoms with Gasteiger partial charge in [0.25, 0.3) is 5.91 Å². The lowest BCUT2D eigenvalue weighted by Crippen LogP contribution is -2.48. The molecule has 0 radical (unpaired) electrons. The zero-order chi connectivity index (χ0) is 25.1. The number of sulfone groups is 1. The Hall–Kier alpha value is -3.07. The third kappa shape index (κ3) is 5.51. The van der Waals surface area contributed by atoms with Crippen LogP contribution in [0.4, 0.5) is 0 Å². The van der Waals surface area contributed by atoms with Crippen LogP contribution in [0.2, 0.25) is 0 Å². The van der Waals surface area contributed by atoms with Crippen LogP contribution >= 0.6 is 15.9 Å². The number of rotatable bonds is 6. The van der Waals surface area contributed by atoms with Crippen LogP contribution in [0.25, 0.3) is 10.9 Å². The molecule has 4 aromatic rings. The molecule has 0 unspecified atom stereocenters. The van der Waals surface area contributed by atoms with Gasteiger partial charge in [-0.05, 0) is 47.5 Å². The molecule has 0 atom stereocenters. The average Bonchev–Trinajstić information content (AvgIpc) is 2.90. The van der Waals surface area contributed by atoms with E-state index in [1.165, 1.54) is 5.56 Å². The molecular weight excluding hydrogens is 538 g/mol. The predicted molar refractivity (Wildman–Crippen MR) is 144 cm³/mol. The van der Waals surface area contributed by atoms with Gasteiger partial charge in [0.1, 0.15) is 0 Å². The molecule has 0 spiro atoms. The molecule has 8 heteroatoms. The number of piperazine rings is 1. The molecule has 1 aromatic heterocycles. The third-order valence-corrected chi connectivity index (χ3v) is 8.71. The van der Waals surface area contributed by atoms with E-state index in [1.807, 2.05) is 29.2 Å². The summed E-state index contributed by atoms with van der Waals surface area (Å²) in [5, 5.41) is 0.788. The van der Waals surface area contributed by atoms with Crippen molar-refractivity contribution in [3.05, 3.63) is 106 Å². The number of hydrogen-bond donors (Lipinski definition) is 0. The van der Waals surface area contributed by atoms with E-state index >= 15 is 0 Å². The van der Waals surface area contributed by atoms with Crippen molar-refractivity contribution < 1.29 is 13.2 Å². The molecule has 1 amide bonds. The van der Waals surface area contributed by atoms with E-state index in [0.717, 1.165) is 29.5 Å². The molecule has 5 rings (SSSR count). The molecule has 1 aliphatic heterocycles. The summed E-state index contributed by atoms with van der Waals surface area (Å²) in [6.07, 6.45) is 1.60. The van der Waals surface area contributed by atoms with Crippen molar-refractivity contribution in [1.29, 1.82) is 0 Å². The largest absolute Gasteiger partial charge is 0.336 e. The summed E-state index contributed by atoms with van der Waals surface area (Å²) >= 11 is 3.46. The van der Waals surface area contributed by atoms with Gasteiger partial charge in [0, 0.05) is 54.3 Å². The molecule has 0 bridgehead atoms. The number of benzene rings is 3. The maximum atomic E-state index is 13.1. The van der Waals surface area contributed by atoms with Gasteiger partial charge in [0.05, 0.1) is 16.2 Å². The summed E-state index contributed by atoms with van der Waals surface area (Å²) in [7, 11) is -3.59. The summed E-state index contributed by atoms with van der Waals surface area (Å²) in [5.74, 6) is -0.169. The molecule has 1 saturated heterocycles. The van der Waals surface area contributed by atoms with E-state index < -0.39 is 9.84 Å². The first kappa shape index (κ1) is 24.6. The fourth-order valence-corrected chi connectivity index (χ4v) is 6.31. The van der Waals surface area contributed by atoms with Gasteiger partial charge in [-0.3, -0.25) is 14.7 Å². The van der Waals surface area contributed by atoms with Gasteiger partial charge in [0.2, 0.25) is 0 Å². The lowest BCUT2D eigenvalue weighted by Gasteiger charge is -2.34. The topological polar surface area (TPSA) is 70.6 Å². The Morgan fingerprint density at radius 2 is 1.50 bits per heavy atom. The van der Waals surface area contributed by atoms with Crippen molar-refractivity contribution in [1.82, 2.24) is 14.8 Å². The zero-order valence-corrected chi connectivity index (χ0v) is 22.1.